The zero-order valence-electron chi connectivity index (χ0n) is 25.4. The van der Waals surface area contributed by atoms with Crippen LogP contribution >= 0.6 is 27.5 Å². The van der Waals surface area contributed by atoms with Crippen molar-refractivity contribution in [2.45, 2.75) is 20.8 Å². The molecule has 0 aliphatic rings. The summed E-state index contributed by atoms with van der Waals surface area (Å²) in [5.74, 6) is 0.535. The summed E-state index contributed by atoms with van der Waals surface area (Å²) in [7, 11) is 0. The van der Waals surface area contributed by atoms with E-state index in [2.05, 4.69) is 31.4 Å². The number of rotatable bonds is 12. The second-order valence-corrected chi connectivity index (χ2v) is 11.1. The fourth-order valence-corrected chi connectivity index (χ4v) is 5.67. The van der Waals surface area contributed by atoms with Gasteiger partial charge in [0.15, 0.2) is 23.0 Å². The number of aromatic nitrogens is 1. The second-order valence-electron chi connectivity index (χ2n) is 9.81. The Morgan fingerprint density at radius 3 is 2.24 bits per heavy atom. The van der Waals surface area contributed by atoms with E-state index in [-0.39, 0.29) is 5.75 Å². The van der Waals surface area contributed by atoms with Crippen LogP contribution in [-0.4, -0.2) is 42.9 Å². The van der Waals surface area contributed by atoms with Crippen LogP contribution in [0, 0.1) is 0 Å². The Hall–Kier alpha value is -4.80. The molecule has 9 nitrogen and oxygen atoms in total. The summed E-state index contributed by atoms with van der Waals surface area (Å²) in [6.07, 6.45) is 1.47. The zero-order chi connectivity index (χ0) is 32.6. The summed E-state index contributed by atoms with van der Waals surface area (Å²) in [6, 6.07) is 23.1. The molecule has 1 amide bonds. The molecule has 0 aliphatic carbocycles. The molecule has 1 heterocycles. The summed E-state index contributed by atoms with van der Waals surface area (Å²) in [5, 5.41) is 5.45. The molecule has 0 radical (unpaired) electrons. The molecule has 0 saturated heterocycles. The van der Waals surface area contributed by atoms with E-state index < -0.39 is 11.9 Å². The fourth-order valence-electron chi connectivity index (χ4n) is 4.81. The number of nitrogens with zero attached hydrogens (tertiary/aromatic N) is 1. The molecule has 0 unspecified atom stereocenters. The van der Waals surface area contributed by atoms with Crippen molar-refractivity contribution in [3.8, 4) is 34.1 Å². The zero-order valence-corrected chi connectivity index (χ0v) is 27.7. The first-order chi connectivity index (χ1) is 22.3. The topological polar surface area (TPSA) is 111 Å². The van der Waals surface area contributed by atoms with E-state index in [1.54, 1.807) is 42.5 Å². The number of hydrogen-bond donors (Lipinski definition) is 2. The normalized spacial score (nSPS) is 11.1. The van der Waals surface area contributed by atoms with Crippen LogP contribution in [0.5, 0.6) is 23.0 Å². The minimum atomic E-state index is -0.585. The van der Waals surface area contributed by atoms with Crippen LogP contribution in [0.3, 0.4) is 0 Å². The lowest BCUT2D eigenvalue weighted by Gasteiger charge is -2.13. The third-order valence-electron chi connectivity index (χ3n) is 6.74. The molecule has 46 heavy (non-hydrogen) atoms. The monoisotopic (exact) mass is 703 g/mol. The fraction of sp³-hybridized carbons (Fsp3) is 0.171. The maximum Gasteiger partial charge on any atom is 0.343 e. The van der Waals surface area contributed by atoms with Crippen LogP contribution in [0.1, 0.15) is 47.2 Å². The molecule has 1 aromatic heterocycles. The molecule has 5 rings (SSSR count). The van der Waals surface area contributed by atoms with E-state index >= 15 is 0 Å². The first-order valence-corrected chi connectivity index (χ1v) is 15.8. The van der Waals surface area contributed by atoms with Crippen LogP contribution in [-0.2, 0) is 0 Å². The van der Waals surface area contributed by atoms with Gasteiger partial charge < -0.3 is 23.9 Å². The smallest absolute Gasteiger partial charge is 0.343 e. The lowest BCUT2D eigenvalue weighted by molar-refractivity contribution is 0.0727. The van der Waals surface area contributed by atoms with Crippen molar-refractivity contribution in [2.24, 2.45) is 5.10 Å². The van der Waals surface area contributed by atoms with Gasteiger partial charge in [-0.2, -0.15) is 5.10 Å². The van der Waals surface area contributed by atoms with Crippen molar-refractivity contribution < 1.29 is 28.5 Å². The Bertz CT molecular complexity index is 1910. The molecule has 0 fully saturated rings. The summed E-state index contributed by atoms with van der Waals surface area (Å²) < 4.78 is 23.4. The molecular weight excluding hydrogens is 674 g/mol. The van der Waals surface area contributed by atoms with E-state index in [1.165, 1.54) is 6.21 Å². The number of amides is 1. The van der Waals surface area contributed by atoms with Gasteiger partial charge in [0.2, 0.25) is 0 Å². The number of carbonyl (C=O) groups excluding carboxylic acids is 2. The van der Waals surface area contributed by atoms with Gasteiger partial charge in [0.25, 0.3) is 5.91 Å². The average Bonchev–Trinajstić information content (AvgIpc) is 3.43. The van der Waals surface area contributed by atoms with Crippen molar-refractivity contribution in [3.05, 3.63) is 105 Å². The molecule has 0 bridgehead atoms. The predicted octanol–water partition coefficient (Wildman–Crippen LogP) is 8.43. The number of carbonyl (C=O) groups is 2. The number of nitrogens with one attached hydrogen (secondary N) is 2. The average molecular weight is 705 g/mol. The number of halogens is 2. The SMILES string of the molecule is CCOc1ccc(C(=O)Oc2ccc(C=NNC(=O)c3[nH]c4c(Cl)cc(Br)cc4c3-c3ccccc3)cc2OCC)cc1OCC. The van der Waals surface area contributed by atoms with E-state index in [0.29, 0.717) is 70.0 Å². The number of fused-ring (bicyclic) bond motifs is 1. The first-order valence-electron chi connectivity index (χ1n) is 14.6. The number of benzene rings is 4. The molecule has 0 aliphatic heterocycles. The Morgan fingerprint density at radius 2 is 1.52 bits per heavy atom. The molecule has 11 heteroatoms. The van der Waals surface area contributed by atoms with E-state index in [4.69, 9.17) is 30.5 Å². The Morgan fingerprint density at radius 1 is 0.848 bits per heavy atom. The second kappa shape index (κ2) is 15.0. The quantitative estimate of drug-likeness (QED) is 0.0584. The Kier molecular flexibility index (Phi) is 10.6. The predicted molar refractivity (Wildman–Crippen MR) is 183 cm³/mol. The van der Waals surface area contributed by atoms with Crippen LogP contribution < -0.4 is 24.4 Å². The number of hydrazone groups is 1. The molecular formula is C35H31BrClN3O6. The van der Waals surface area contributed by atoms with Crippen LogP contribution in [0.4, 0.5) is 0 Å². The highest BCUT2D eigenvalue weighted by Crippen LogP contribution is 2.38. The van der Waals surface area contributed by atoms with E-state index in [1.807, 2.05) is 57.2 Å². The van der Waals surface area contributed by atoms with Crippen molar-refractivity contribution in [3.63, 3.8) is 0 Å². The third kappa shape index (κ3) is 7.35. The molecule has 4 aromatic carbocycles. The largest absolute Gasteiger partial charge is 0.490 e. The molecule has 236 valence electrons. The maximum atomic E-state index is 13.4. The summed E-state index contributed by atoms with van der Waals surface area (Å²) in [4.78, 5) is 29.6. The molecule has 0 saturated carbocycles. The van der Waals surface area contributed by atoms with Gasteiger partial charge in [-0.1, -0.05) is 57.9 Å². The van der Waals surface area contributed by atoms with Crippen LogP contribution in [0.2, 0.25) is 5.02 Å². The van der Waals surface area contributed by atoms with Gasteiger partial charge >= 0.3 is 5.97 Å². The minimum Gasteiger partial charge on any atom is -0.490 e. The lowest BCUT2D eigenvalue weighted by atomic mass is 10.0. The number of H-pyrrole nitrogens is 1. The highest BCUT2D eigenvalue weighted by molar-refractivity contribution is 9.10. The molecule has 0 atom stereocenters. The first kappa shape index (κ1) is 32.6. The Balaban J connectivity index is 1.35. The summed E-state index contributed by atoms with van der Waals surface area (Å²) in [5.41, 5.74) is 6.01. The van der Waals surface area contributed by atoms with Crippen molar-refractivity contribution in [2.75, 3.05) is 19.8 Å². The van der Waals surface area contributed by atoms with Gasteiger partial charge in [-0.25, -0.2) is 10.2 Å². The van der Waals surface area contributed by atoms with Crippen molar-refractivity contribution >= 4 is 56.5 Å². The Labute approximate surface area is 279 Å². The van der Waals surface area contributed by atoms with Gasteiger partial charge in [0.1, 0.15) is 5.69 Å². The van der Waals surface area contributed by atoms with Gasteiger partial charge in [0.05, 0.1) is 42.1 Å². The van der Waals surface area contributed by atoms with Crippen molar-refractivity contribution in [1.82, 2.24) is 10.4 Å². The van der Waals surface area contributed by atoms with Crippen LogP contribution in [0.25, 0.3) is 22.0 Å². The van der Waals surface area contributed by atoms with Crippen molar-refractivity contribution in [1.29, 1.82) is 0 Å². The van der Waals surface area contributed by atoms with E-state index in [0.717, 1.165) is 15.4 Å². The highest BCUT2D eigenvalue weighted by atomic mass is 79.9. The van der Waals surface area contributed by atoms with Crippen LogP contribution in [0.15, 0.2) is 88.4 Å². The van der Waals surface area contributed by atoms with Gasteiger partial charge in [-0.15, -0.1) is 0 Å². The standard InChI is InChI=1S/C35H31BrClN3O6/c1-4-43-27-15-13-23(17-30(27)45-6-3)35(42)46-28-14-12-21(16-29(28)44-5-2)20-38-40-34(41)33-31(22-10-8-7-9-11-22)25-18-24(36)19-26(37)32(25)39-33/h7-20,39H,4-6H2,1-3H3,(H,40,41). The molecule has 0 spiro atoms. The number of ether oxygens (including phenoxy) is 4. The molecule has 2 N–H and O–H groups in total. The van der Waals surface area contributed by atoms with Gasteiger partial charge in [-0.3, -0.25) is 4.79 Å². The highest BCUT2D eigenvalue weighted by Gasteiger charge is 2.21. The lowest BCUT2D eigenvalue weighted by Crippen LogP contribution is -2.18. The summed E-state index contributed by atoms with van der Waals surface area (Å²) in [6.45, 7) is 6.76. The van der Waals surface area contributed by atoms with Gasteiger partial charge in [0, 0.05) is 15.4 Å². The third-order valence-corrected chi connectivity index (χ3v) is 7.50. The minimum absolute atomic E-state index is 0.230. The number of esters is 1. The maximum absolute atomic E-state index is 13.4. The number of hydrogen-bond acceptors (Lipinski definition) is 7. The molecule has 5 aromatic rings. The van der Waals surface area contributed by atoms with Gasteiger partial charge in [-0.05, 0) is 80.4 Å². The van der Waals surface area contributed by atoms with E-state index in [9.17, 15) is 9.59 Å². The number of aromatic amines is 1. The summed E-state index contributed by atoms with van der Waals surface area (Å²) >= 11 is 10.0.